The minimum absolute atomic E-state index is 0. The molecule has 1 aliphatic carbocycles. The molecule has 11 heteroatoms. The molecule has 0 saturated heterocycles. The molecular weight excluding hydrogens is 595 g/mol. The largest absolute Gasteiger partial charge is 0.480 e. The number of aryl methyl sites for hydroxylation is 1. The van der Waals surface area contributed by atoms with Crippen molar-refractivity contribution >= 4 is 60.2 Å². The van der Waals surface area contributed by atoms with Crippen molar-refractivity contribution in [2.24, 2.45) is 5.73 Å². The molecule has 0 heterocycles. The van der Waals surface area contributed by atoms with E-state index >= 15 is 0 Å². The second kappa shape index (κ2) is 15.2. The number of carboxylic acids is 1. The van der Waals surface area contributed by atoms with Crippen LogP contribution in [0, 0.1) is 5.41 Å². The highest BCUT2D eigenvalue weighted by atomic mass is 35.5. The number of hydrogen-bond acceptors (Lipinski definition) is 5. The average molecular weight is 630 g/mol. The highest BCUT2D eigenvalue weighted by Gasteiger charge is 2.26. The molecule has 8 nitrogen and oxygen atoms in total. The molecule has 0 aromatic heterocycles. The van der Waals surface area contributed by atoms with Crippen molar-refractivity contribution in [1.82, 2.24) is 10.6 Å². The van der Waals surface area contributed by atoms with Gasteiger partial charge < -0.3 is 21.5 Å². The van der Waals surface area contributed by atoms with Crippen molar-refractivity contribution < 1.29 is 19.5 Å². The number of hydrogen-bond donors (Lipinski definition) is 5. The second-order valence-electron chi connectivity index (χ2n) is 10.2. The molecule has 1 amide bonds. The SMILES string of the molecule is N=C(N)Cc1ccc2c(c1)C(NCC(=O)CC[C@H](NC(=O)c1c(Cl)cc(-c3ccccc3)cc1Cl)C(=O)O)CCC2.S. The Hall–Kier alpha value is -3.37. The maximum absolute atomic E-state index is 13.0. The molecule has 1 aliphatic rings. The van der Waals surface area contributed by atoms with E-state index in [0.29, 0.717) is 6.42 Å². The van der Waals surface area contributed by atoms with Crippen LogP contribution < -0.4 is 16.4 Å². The highest BCUT2D eigenvalue weighted by Crippen LogP contribution is 2.32. The minimum atomic E-state index is -1.29. The molecule has 1 unspecified atom stereocenters. The molecule has 0 radical (unpaired) electrons. The number of amidine groups is 1. The van der Waals surface area contributed by atoms with Crippen LogP contribution in [0.2, 0.25) is 10.0 Å². The third-order valence-electron chi connectivity index (χ3n) is 7.16. The first kappa shape index (κ1) is 33.1. The summed E-state index contributed by atoms with van der Waals surface area (Å²) in [4.78, 5) is 37.6. The molecule has 0 fully saturated rings. The number of carbonyl (C=O) groups excluding carboxylic acids is 2. The fraction of sp³-hybridized carbons (Fsp3) is 0.290. The second-order valence-corrected chi connectivity index (χ2v) is 11.0. The Labute approximate surface area is 261 Å². The Morgan fingerprint density at radius 1 is 1.02 bits per heavy atom. The summed E-state index contributed by atoms with van der Waals surface area (Å²) >= 11 is 12.8. The van der Waals surface area contributed by atoms with Crippen LogP contribution in [0.5, 0.6) is 0 Å². The molecule has 4 rings (SSSR count). The number of nitrogens with two attached hydrogens (primary N) is 1. The van der Waals surface area contributed by atoms with Gasteiger partial charge in [0.1, 0.15) is 11.8 Å². The van der Waals surface area contributed by atoms with Gasteiger partial charge in [-0.3, -0.25) is 15.0 Å². The summed E-state index contributed by atoms with van der Waals surface area (Å²) in [6.45, 7) is 0.0694. The standard InChI is InChI=1S/C31H32Cl2N4O4.H2S/c32-24-15-21(19-5-2-1-3-6-19)16-25(33)29(24)30(39)37-27(31(40)41)12-11-22(38)17-36-26-8-4-7-20-10-9-18(13-23(20)26)14-28(34)35;/h1-3,5-6,9-10,13,15-16,26-27,36H,4,7-8,11-12,14,17H2,(H3,34,35)(H,37,39)(H,40,41);1H2/t26?,27-;/m0./s1. The number of Topliss-reactive ketones (excluding diaryl/α,β-unsaturated/α-hetero) is 1. The Kier molecular flexibility index (Phi) is 12.0. The summed E-state index contributed by atoms with van der Waals surface area (Å²) in [5, 5.41) is 23.2. The van der Waals surface area contributed by atoms with Gasteiger partial charge >= 0.3 is 5.97 Å². The fourth-order valence-electron chi connectivity index (χ4n) is 5.10. The normalized spacial score (nSPS) is 14.7. The minimum Gasteiger partial charge on any atom is -0.480 e. The Bertz CT molecular complexity index is 1450. The summed E-state index contributed by atoms with van der Waals surface area (Å²) in [7, 11) is 0. The maximum Gasteiger partial charge on any atom is 0.326 e. The Morgan fingerprint density at radius 2 is 1.71 bits per heavy atom. The van der Waals surface area contributed by atoms with E-state index < -0.39 is 17.9 Å². The van der Waals surface area contributed by atoms with E-state index in [-0.39, 0.29) is 66.2 Å². The van der Waals surface area contributed by atoms with E-state index in [4.69, 9.17) is 34.3 Å². The number of halogens is 2. The average Bonchev–Trinajstić information content (AvgIpc) is 2.93. The molecule has 3 aromatic rings. The first-order valence-corrected chi connectivity index (χ1v) is 14.2. The highest BCUT2D eigenvalue weighted by molar-refractivity contribution is 7.59. The van der Waals surface area contributed by atoms with E-state index in [1.165, 1.54) is 5.56 Å². The van der Waals surface area contributed by atoms with Gasteiger partial charge in [-0.05, 0) is 65.6 Å². The number of ketones is 1. The van der Waals surface area contributed by atoms with Crippen molar-refractivity contribution in [3.05, 3.63) is 93.0 Å². The van der Waals surface area contributed by atoms with Gasteiger partial charge in [0.25, 0.3) is 5.91 Å². The van der Waals surface area contributed by atoms with E-state index in [1.807, 2.05) is 42.5 Å². The summed E-state index contributed by atoms with van der Waals surface area (Å²) in [6, 6.07) is 17.3. The van der Waals surface area contributed by atoms with Crippen LogP contribution in [0.4, 0.5) is 0 Å². The lowest BCUT2D eigenvalue weighted by atomic mass is 9.86. The summed E-state index contributed by atoms with van der Waals surface area (Å²) in [5.41, 5.74) is 10.4. The zero-order chi connectivity index (χ0) is 29.5. The zero-order valence-electron chi connectivity index (χ0n) is 22.9. The number of amides is 1. The molecule has 6 N–H and O–H groups in total. The quantitative estimate of drug-likeness (QED) is 0.133. The number of benzene rings is 3. The summed E-state index contributed by atoms with van der Waals surface area (Å²) in [6.07, 6.45) is 3.04. The van der Waals surface area contributed by atoms with Gasteiger partial charge in [-0.1, -0.05) is 71.7 Å². The van der Waals surface area contributed by atoms with Crippen molar-refractivity contribution in [3.8, 4) is 11.1 Å². The van der Waals surface area contributed by atoms with Crippen molar-refractivity contribution in [2.45, 2.75) is 50.6 Å². The van der Waals surface area contributed by atoms with Crippen molar-refractivity contribution in [3.63, 3.8) is 0 Å². The van der Waals surface area contributed by atoms with Crippen LogP contribution in [0.3, 0.4) is 0 Å². The number of rotatable bonds is 12. The van der Waals surface area contributed by atoms with Crippen LogP contribution >= 0.6 is 36.7 Å². The van der Waals surface area contributed by atoms with E-state index in [2.05, 4.69) is 16.7 Å². The monoisotopic (exact) mass is 628 g/mol. The van der Waals surface area contributed by atoms with Crippen molar-refractivity contribution in [1.29, 1.82) is 5.41 Å². The van der Waals surface area contributed by atoms with Gasteiger partial charge in [0, 0.05) is 18.9 Å². The Balaban J connectivity index is 0.00000484. The molecule has 0 bridgehead atoms. The van der Waals surface area contributed by atoms with Crippen LogP contribution in [-0.2, 0) is 22.4 Å². The lowest BCUT2D eigenvalue weighted by Gasteiger charge is -2.27. The van der Waals surface area contributed by atoms with E-state index in [0.717, 1.165) is 41.5 Å². The van der Waals surface area contributed by atoms with Gasteiger partial charge in [0.05, 0.1) is 28.0 Å². The van der Waals surface area contributed by atoms with Gasteiger partial charge in [-0.2, -0.15) is 13.5 Å². The first-order valence-electron chi connectivity index (χ1n) is 13.4. The maximum atomic E-state index is 13.0. The van der Waals surface area contributed by atoms with Crippen molar-refractivity contribution in [2.75, 3.05) is 6.54 Å². The molecule has 222 valence electrons. The molecular formula is C31H34Cl2N4O4S. The predicted octanol–water partition coefficient (Wildman–Crippen LogP) is 5.45. The fourth-order valence-corrected chi connectivity index (χ4v) is 5.76. The topological polar surface area (TPSA) is 145 Å². The first-order chi connectivity index (χ1) is 19.6. The van der Waals surface area contributed by atoms with Gasteiger partial charge in [0.2, 0.25) is 0 Å². The number of aliphatic carboxylic acids is 1. The lowest BCUT2D eigenvalue weighted by Crippen LogP contribution is -2.41. The molecule has 0 aliphatic heterocycles. The predicted molar refractivity (Wildman–Crippen MR) is 171 cm³/mol. The zero-order valence-corrected chi connectivity index (χ0v) is 25.4. The summed E-state index contributed by atoms with van der Waals surface area (Å²) in [5.74, 6) is -2.06. The number of fused-ring (bicyclic) bond motifs is 1. The summed E-state index contributed by atoms with van der Waals surface area (Å²) < 4.78 is 0. The van der Waals surface area contributed by atoms with Crippen LogP contribution in [-0.4, -0.2) is 41.2 Å². The third-order valence-corrected chi connectivity index (χ3v) is 7.75. The number of nitrogens with one attached hydrogen (secondary N) is 3. The molecule has 2 atom stereocenters. The smallest absolute Gasteiger partial charge is 0.326 e. The molecule has 42 heavy (non-hydrogen) atoms. The van der Waals surface area contributed by atoms with Gasteiger partial charge in [-0.15, -0.1) is 0 Å². The molecule has 0 spiro atoms. The van der Waals surface area contributed by atoms with Gasteiger partial charge in [0.15, 0.2) is 0 Å². The van der Waals surface area contributed by atoms with E-state index in [9.17, 15) is 19.5 Å². The lowest BCUT2D eigenvalue weighted by molar-refractivity contribution is -0.139. The van der Waals surface area contributed by atoms with Gasteiger partial charge in [-0.25, -0.2) is 4.79 Å². The third kappa shape index (κ3) is 8.58. The number of carboxylic acid groups (broad SMARTS) is 1. The van der Waals surface area contributed by atoms with Crippen LogP contribution in [0.15, 0.2) is 60.7 Å². The molecule has 3 aromatic carbocycles. The Morgan fingerprint density at radius 3 is 2.36 bits per heavy atom. The van der Waals surface area contributed by atoms with E-state index in [1.54, 1.807) is 12.1 Å². The number of carbonyl (C=O) groups is 3. The van der Waals surface area contributed by atoms with Crippen LogP contribution in [0.25, 0.3) is 11.1 Å². The van der Waals surface area contributed by atoms with Crippen LogP contribution in [0.1, 0.15) is 58.8 Å². The molecule has 0 saturated carbocycles.